The lowest BCUT2D eigenvalue weighted by Crippen LogP contribution is -2.42. The Morgan fingerprint density at radius 3 is 2.67 bits per heavy atom. The quantitative estimate of drug-likeness (QED) is 0.365. The van der Waals surface area contributed by atoms with Gasteiger partial charge in [-0.15, -0.1) is 0 Å². The summed E-state index contributed by atoms with van der Waals surface area (Å²) in [6, 6.07) is 0.496. The molecule has 5 heteroatoms. The summed E-state index contributed by atoms with van der Waals surface area (Å²) in [7, 11) is 2.23. The van der Waals surface area contributed by atoms with Crippen molar-refractivity contribution in [2.75, 3.05) is 52.9 Å². The summed E-state index contributed by atoms with van der Waals surface area (Å²) >= 11 is 0. The molecule has 0 spiro atoms. The molecule has 0 amide bonds. The third-order valence-corrected chi connectivity index (χ3v) is 4.68. The highest BCUT2D eigenvalue weighted by molar-refractivity contribution is 5.79. The second-order valence-corrected chi connectivity index (χ2v) is 7.15. The third-order valence-electron chi connectivity index (χ3n) is 4.68. The van der Waals surface area contributed by atoms with Gasteiger partial charge in [0.25, 0.3) is 0 Å². The third kappa shape index (κ3) is 10.1. The van der Waals surface area contributed by atoms with E-state index in [1.54, 1.807) is 0 Å². The molecule has 142 valence electrons. The number of hydrogen-bond donors (Lipinski definition) is 2. The Balaban J connectivity index is 2.26. The van der Waals surface area contributed by atoms with E-state index in [1.807, 2.05) is 0 Å². The molecule has 0 radical (unpaired) electrons. The molecular weight excluding hydrogens is 298 g/mol. The maximum absolute atomic E-state index is 4.76. The Kier molecular flexibility index (Phi) is 11.9. The molecule has 0 saturated carbocycles. The van der Waals surface area contributed by atoms with Gasteiger partial charge in [-0.25, -0.2) is 0 Å². The van der Waals surface area contributed by atoms with Gasteiger partial charge in [-0.2, -0.15) is 0 Å². The van der Waals surface area contributed by atoms with Gasteiger partial charge in [-0.3, -0.25) is 4.99 Å². The van der Waals surface area contributed by atoms with Crippen LogP contribution in [0.2, 0.25) is 0 Å². The normalized spacial score (nSPS) is 19.1. The van der Waals surface area contributed by atoms with Crippen LogP contribution >= 0.6 is 0 Å². The first-order valence-electron chi connectivity index (χ1n) is 10.1. The standard InChI is InChI=1S/C19H41N5/c1-5-7-8-11-18(3)22-19(20-6-2)21-12-9-14-24-15-10-13-23(4)16-17-24/h18H,5-17H2,1-4H3,(H2,20,21,22). The van der Waals surface area contributed by atoms with Crippen molar-refractivity contribution in [2.24, 2.45) is 4.99 Å². The Hall–Kier alpha value is -0.810. The first kappa shape index (κ1) is 21.2. The molecule has 24 heavy (non-hydrogen) atoms. The van der Waals surface area contributed by atoms with E-state index in [2.05, 4.69) is 48.3 Å². The van der Waals surface area contributed by atoms with Crippen LogP contribution in [0.5, 0.6) is 0 Å². The van der Waals surface area contributed by atoms with Crippen LogP contribution in [-0.2, 0) is 0 Å². The van der Waals surface area contributed by atoms with Gasteiger partial charge in [0.2, 0.25) is 0 Å². The molecule has 1 saturated heterocycles. The molecule has 1 aliphatic heterocycles. The van der Waals surface area contributed by atoms with Gasteiger partial charge >= 0.3 is 0 Å². The van der Waals surface area contributed by atoms with Gasteiger partial charge in [0.05, 0.1) is 0 Å². The highest BCUT2D eigenvalue weighted by Crippen LogP contribution is 2.03. The van der Waals surface area contributed by atoms with E-state index < -0.39 is 0 Å². The monoisotopic (exact) mass is 339 g/mol. The zero-order valence-corrected chi connectivity index (χ0v) is 16.6. The van der Waals surface area contributed by atoms with Gasteiger partial charge < -0.3 is 20.4 Å². The smallest absolute Gasteiger partial charge is 0.191 e. The van der Waals surface area contributed by atoms with E-state index in [0.717, 1.165) is 25.5 Å². The molecular formula is C19H41N5. The van der Waals surface area contributed by atoms with Crippen LogP contribution in [-0.4, -0.2) is 74.7 Å². The average molecular weight is 340 g/mol. The summed E-state index contributed by atoms with van der Waals surface area (Å²) in [5.41, 5.74) is 0. The van der Waals surface area contributed by atoms with Crippen molar-refractivity contribution in [3.63, 3.8) is 0 Å². The zero-order valence-electron chi connectivity index (χ0n) is 16.6. The lowest BCUT2D eigenvalue weighted by atomic mass is 10.1. The fourth-order valence-electron chi connectivity index (χ4n) is 3.13. The minimum atomic E-state index is 0.496. The van der Waals surface area contributed by atoms with Gasteiger partial charge in [0.1, 0.15) is 0 Å². The lowest BCUT2D eigenvalue weighted by Gasteiger charge is -2.20. The molecule has 1 unspecified atom stereocenters. The highest BCUT2D eigenvalue weighted by atomic mass is 15.2. The Bertz CT molecular complexity index is 332. The van der Waals surface area contributed by atoms with Crippen LogP contribution in [0, 0.1) is 0 Å². The lowest BCUT2D eigenvalue weighted by molar-refractivity contribution is 0.275. The molecule has 0 aromatic heterocycles. The number of nitrogens with zero attached hydrogens (tertiary/aromatic N) is 3. The summed E-state index contributed by atoms with van der Waals surface area (Å²) in [5.74, 6) is 0.983. The Morgan fingerprint density at radius 2 is 1.92 bits per heavy atom. The van der Waals surface area contributed by atoms with Crippen molar-refractivity contribution in [2.45, 2.75) is 65.3 Å². The van der Waals surface area contributed by atoms with Crippen molar-refractivity contribution >= 4 is 5.96 Å². The Morgan fingerprint density at radius 1 is 1.08 bits per heavy atom. The predicted octanol–water partition coefficient (Wildman–Crippen LogP) is 2.54. The van der Waals surface area contributed by atoms with Crippen LogP contribution in [0.15, 0.2) is 4.99 Å². The van der Waals surface area contributed by atoms with Gasteiger partial charge in [-0.05, 0) is 59.8 Å². The van der Waals surface area contributed by atoms with Crippen LogP contribution < -0.4 is 10.6 Å². The van der Waals surface area contributed by atoms with Crippen molar-refractivity contribution < 1.29 is 0 Å². The Labute approximate surface area is 150 Å². The molecule has 1 fully saturated rings. The highest BCUT2D eigenvalue weighted by Gasteiger charge is 2.11. The van der Waals surface area contributed by atoms with Crippen molar-refractivity contribution in [1.29, 1.82) is 0 Å². The van der Waals surface area contributed by atoms with Crippen molar-refractivity contribution in [3.8, 4) is 0 Å². The van der Waals surface area contributed by atoms with Gasteiger partial charge in [0.15, 0.2) is 5.96 Å². The zero-order chi connectivity index (χ0) is 17.6. The van der Waals surface area contributed by atoms with Crippen LogP contribution in [0.3, 0.4) is 0 Å². The second kappa shape index (κ2) is 13.5. The summed E-state index contributed by atoms with van der Waals surface area (Å²) in [6.07, 6.45) is 7.56. The molecule has 0 aromatic carbocycles. The molecule has 1 aliphatic rings. The minimum absolute atomic E-state index is 0.496. The summed E-state index contributed by atoms with van der Waals surface area (Å²) in [6.45, 7) is 14.5. The second-order valence-electron chi connectivity index (χ2n) is 7.15. The van der Waals surface area contributed by atoms with Crippen LogP contribution in [0.1, 0.15) is 59.3 Å². The van der Waals surface area contributed by atoms with Crippen LogP contribution in [0.4, 0.5) is 0 Å². The minimum Gasteiger partial charge on any atom is -0.357 e. The topological polar surface area (TPSA) is 42.9 Å². The number of nitrogens with one attached hydrogen (secondary N) is 2. The number of hydrogen-bond acceptors (Lipinski definition) is 3. The molecule has 1 atom stereocenters. The van der Waals surface area contributed by atoms with E-state index in [1.165, 1.54) is 64.8 Å². The average Bonchev–Trinajstić information content (AvgIpc) is 2.76. The number of aliphatic imine (C=N–C) groups is 1. The molecule has 1 rings (SSSR count). The van der Waals surface area contributed by atoms with E-state index >= 15 is 0 Å². The summed E-state index contributed by atoms with van der Waals surface area (Å²) < 4.78 is 0. The maximum atomic E-state index is 4.76. The van der Waals surface area contributed by atoms with Crippen LogP contribution in [0.25, 0.3) is 0 Å². The van der Waals surface area contributed by atoms with E-state index in [-0.39, 0.29) is 0 Å². The number of unbranched alkanes of at least 4 members (excludes halogenated alkanes) is 2. The largest absolute Gasteiger partial charge is 0.357 e. The summed E-state index contributed by atoms with van der Waals surface area (Å²) in [5, 5.41) is 6.93. The molecule has 0 bridgehead atoms. The maximum Gasteiger partial charge on any atom is 0.191 e. The van der Waals surface area contributed by atoms with Gasteiger partial charge in [-0.1, -0.05) is 26.2 Å². The fraction of sp³-hybridized carbons (Fsp3) is 0.947. The first-order valence-corrected chi connectivity index (χ1v) is 10.1. The number of guanidine groups is 1. The summed E-state index contributed by atoms with van der Waals surface area (Å²) in [4.78, 5) is 9.79. The van der Waals surface area contributed by atoms with E-state index in [9.17, 15) is 0 Å². The fourth-order valence-corrected chi connectivity index (χ4v) is 3.13. The molecule has 1 heterocycles. The predicted molar refractivity (Wildman–Crippen MR) is 106 cm³/mol. The first-order chi connectivity index (χ1) is 11.7. The molecule has 0 aromatic rings. The van der Waals surface area contributed by atoms with Crippen molar-refractivity contribution in [1.82, 2.24) is 20.4 Å². The number of rotatable bonds is 10. The molecule has 2 N–H and O–H groups in total. The van der Waals surface area contributed by atoms with E-state index in [4.69, 9.17) is 4.99 Å². The van der Waals surface area contributed by atoms with Crippen molar-refractivity contribution in [3.05, 3.63) is 0 Å². The molecule has 0 aliphatic carbocycles. The SMILES string of the molecule is CCCCCC(C)NC(=NCCCN1CCCN(C)CC1)NCC. The molecule has 5 nitrogen and oxygen atoms in total. The van der Waals surface area contributed by atoms with E-state index in [0.29, 0.717) is 6.04 Å². The number of likely N-dealkylation sites (N-methyl/N-ethyl adjacent to an activating group) is 1. The van der Waals surface area contributed by atoms with Gasteiger partial charge in [0, 0.05) is 32.2 Å².